The number of amides is 1. The highest BCUT2D eigenvalue weighted by Gasteiger charge is 2.46. The quantitative estimate of drug-likeness (QED) is 0.522. The maximum Gasteiger partial charge on any atom is 0.330 e. The molecule has 0 radical (unpaired) electrons. The summed E-state index contributed by atoms with van der Waals surface area (Å²) in [5.41, 5.74) is -1.47. The highest BCUT2D eigenvalue weighted by atomic mass is 16.4. The van der Waals surface area contributed by atoms with Crippen molar-refractivity contribution in [2.24, 2.45) is 0 Å². The fourth-order valence-corrected chi connectivity index (χ4v) is 2.61. The number of likely N-dealkylation sites (N-methyl/N-ethyl adjacent to an activating group) is 1. The zero-order chi connectivity index (χ0) is 19.0. The molecule has 1 atom stereocenters. The van der Waals surface area contributed by atoms with Crippen molar-refractivity contribution in [2.45, 2.75) is 32.2 Å². The van der Waals surface area contributed by atoms with Gasteiger partial charge in [-0.05, 0) is 19.4 Å². The lowest BCUT2D eigenvalue weighted by molar-refractivity contribution is -0.163. The molecule has 0 unspecified atom stereocenters. The molecule has 0 fully saturated rings. The molecule has 1 aromatic carbocycles. The second kappa shape index (κ2) is 8.77. The third kappa shape index (κ3) is 4.76. The van der Waals surface area contributed by atoms with Crippen LogP contribution in [0.2, 0.25) is 0 Å². The molecule has 0 bridgehead atoms. The van der Waals surface area contributed by atoms with E-state index in [0.29, 0.717) is 5.56 Å². The Balaban J connectivity index is 3.09. The Hall–Kier alpha value is -2.96. The molecule has 0 saturated carbocycles. The van der Waals surface area contributed by atoms with Gasteiger partial charge in [0, 0.05) is 18.2 Å². The van der Waals surface area contributed by atoms with Crippen LogP contribution in [0.15, 0.2) is 42.5 Å². The van der Waals surface area contributed by atoms with Crippen LogP contribution in [0.5, 0.6) is 0 Å². The Morgan fingerprint density at radius 3 is 2.08 bits per heavy atom. The van der Waals surface area contributed by atoms with Gasteiger partial charge in [0.05, 0.1) is 6.42 Å². The van der Waals surface area contributed by atoms with Crippen LogP contribution in [0.1, 0.15) is 37.0 Å². The summed E-state index contributed by atoms with van der Waals surface area (Å²) in [5.74, 6) is -3.84. The Kier molecular flexibility index (Phi) is 7.05. The van der Waals surface area contributed by atoms with E-state index >= 15 is 0 Å². The molecule has 0 aliphatic rings. The molecule has 2 N–H and O–H groups in total. The summed E-state index contributed by atoms with van der Waals surface area (Å²) in [7, 11) is 0. The van der Waals surface area contributed by atoms with Crippen LogP contribution in [-0.4, -0.2) is 50.8 Å². The average Bonchev–Trinajstić information content (AvgIpc) is 2.59. The molecule has 1 aromatic rings. The van der Waals surface area contributed by atoms with Gasteiger partial charge in [-0.3, -0.25) is 14.4 Å². The number of hydrogen-bond acceptors (Lipinski definition) is 4. The minimum atomic E-state index is -1.86. The molecule has 1 amide bonds. The number of aliphatic carboxylic acids is 2. The van der Waals surface area contributed by atoms with Gasteiger partial charge in [0.25, 0.3) is 0 Å². The Morgan fingerprint density at radius 1 is 1.04 bits per heavy atom. The maximum absolute atomic E-state index is 12.4. The third-order valence-electron chi connectivity index (χ3n) is 3.96. The van der Waals surface area contributed by atoms with Crippen molar-refractivity contribution >= 4 is 23.6 Å². The molecule has 0 aliphatic carbocycles. The minimum absolute atomic E-state index is 0.00385. The van der Waals surface area contributed by atoms with Crippen molar-refractivity contribution < 1.29 is 29.4 Å². The number of allylic oxidation sites excluding steroid dienone is 1. The van der Waals surface area contributed by atoms with E-state index in [-0.39, 0.29) is 13.0 Å². The van der Waals surface area contributed by atoms with Crippen molar-refractivity contribution in [2.75, 3.05) is 6.54 Å². The fraction of sp³-hybridized carbons (Fsp3) is 0.333. The van der Waals surface area contributed by atoms with Crippen molar-refractivity contribution in [3.8, 4) is 0 Å². The lowest BCUT2D eigenvalue weighted by Gasteiger charge is -2.38. The summed E-state index contributed by atoms with van der Waals surface area (Å²) in [6.45, 7) is 3.06. The first-order chi connectivity index (χ1) is 11.8. The van der Waals surface area contributed by atoms with E-state index in [0.717, 1.165) is 17.1 Å². The van der Waals surface area contributed by atoms with E-state index in [1.165, 1.54) is 6.92 Å². The number of ketones is 1. The van der Waals surface area contributed by atoms with Crippen molar-refractivity contribution in [1.29, 1.82) is 0 Å². The van der Waals surface area contributed by atoms with E-state index in [1.807, 2.05) is 0 Å². The number of carbonyl (C=O) groups is 4. The lowest BCUT2D eigenvalue weighted by atomic mass is 9.89. The first kappa shape index (κ1) is 20.1. The third-order valence-corrected chi connectivity index (χ3v) is 3.96. The van der Waals surface area contributed by atoms with Crippen LogP contribution >= 0.6 is 0 Å². The van der Waals surface area contributed by atoms with E-state index in [4.69, 9.17) is 5.11 Å². The van der Waals surface area contributed by atoms with Crippen LogP contribution in [0.3, 0.4) is 0 Å². The van der Waals surface area contributed by atoms with Crippen molar-refractivity contribution in [1.82, 2.24) is 4.90 Å². The van der Waals surface area contributed by atoms with Gasteiger partial charge in [0.1, 0.15) is 0 Å². The van der Waals surface area contributed by atoms with Gasteiger partial charge in [-0.1, -0.05) is 37.3 Å². The fourth-order valence-electron chi connectivity index (χ4n) is 2.61. The summed E-state index contributed by atoms with van der Waals surface area (Å²) in [5, 5.41) is 18.6. The number of carboxylic acids is 2. The Bertz CT molecular complexity index is 682. The highest BCUT2D eigenvalue weighted by Crippen LogP contribution is 2.25. The van der Waals surface area contributed by atoms with Crippen LogP contribution < -0.4 is 0 Å². The molecular weight excluding hydrogens is 326 g/mol. The van der Waals surface area contributed by atoms with Crippen molar-refractivity contribution in [3.05, 3.63) is 48.0 Å². The van der Waals surface area contributed by atoms with Crippen LogP contribution in [0.25, 0.3) is 0 Å². The predicted octanol–water partition coefficient (Wildman–Crippen LogP) is 1.98. The average molecular weight is 347 g/mol. The highest BCUT2D eigenvalue weighted by molar-refractivity contribution is 6.08. The first-order valence-electron chi connectivity index (χ1n) is 7.82. The summed E-state index contributed by atoms with van der Waals surface area (Å²) in [4.78, 5) is 48.2. The predicted molar refractivity (Wildman–Crippen MR) is 90.2 cm³/mol. The molecule has 7 nitrogen and oxygen atoms in total. The molecule has 0 heterocycles. The summed E-state index contributed by atoms with van der Waals surface area (Å²) in [6.07, 6.45) is 1.24. The number of carboxylic acid groups (broad SMARTS) is 2. The molecule has 0 aliphatic heterocycles. The SMILES string of the molecule is CCN(C(=O)/C=C/C(=O)c1ccccc1)[C@@](CC)(CC(=O)O)C(=O)O. The minimum Gasteiger partial charge on any atom is -0.481 e. The molecule has 0 saturated heterocycles. The maximum atomic E-state index is 12.4. The molecule has 0 aromatic heterocycles. The van der Waals surface area contributed by atoms with Gasteiger partial charge < -0.3 is 15.1 Å². The monoisotopic (exact) mass is 347 g/mol. The normalized spacial score (nSPS) is 13.2. The summed E-state index contributed by atoms with van der Waals surface area (Å²) < 4.78 is 0. The van der Waals surface area contributed by atoms with Crippen molar-refractivity contribution in [3.63, 3.8) is 0 Å². The van der Waals surface area contributed by atoms with Gasteiger partial charge in [0.15, 0.2) is 11.3 Å². The van der Waals surface area contributed by atoms with E-state index in [2.05, 4.69) is 0 Å². The van der Waals surface area contributed by atoms with Crippen LogP contribution in [0, 0.1) is 0 Å². The van der Waals surface area contributed by atoms with E-state index in [9.17, 15) is 24.3 Å². The molecule has 0 spiro atoms. The van der Waals surface area contributed by atoms with Gasteiger partial charge in [-0.2, -0.15) is 0 Å². The standard InChI is InChI=1S/C18H21NO6/c1-3-18(17(24)25,12-16(22)23)19(4-2)15(21)11-10-14(20)13-8-6-5-7-9-13/h5-11H,3-4,12H2,1-2H3,(H,22,23)(H,24,25)/b11-10+/t18-/m0/s1. The van der Waals surface area contributed by atoms with Crippen LogP contribution in [-0.2, 0) is 14.4 Å². The number of nitrogens with zero attached hydrogens (tertiary/aromatic N) is 1. The number of hydrogen-bond donors (Lipinski definition) is 2. The number of carbonyl (C=O) groups excluding carboxylic acids is 2. The first-order valence-corrected chi connectivity index (χ1v) is 7.82. The Labute approximate surface area is 145 Å². The second-order valence-corrected chi connectivity index (χ2v) is 5.41. The zero-order valence-electron chi connectivity index (χ0n) is 14.1. The second-order valence-electron chi connectivity index (χ2n) is 5.41. The largest absolute Gasteiger partial charge is 0.481 e. The van der Waals surface area contributed by atoms with Gasteiger partial charge in [-0.15, -0.1) is 0 Å². The molecule has 7 heteroatoms. The Morgan fingerprint density at radius 2 is 1.64 bits per heavy atom. The van der Waals surface area contributed by atoms with Gasteiger partial charge in [-0.25, -0.2) is 4.79 Å². The smallest absolute Gasteiger partial charge is 0.330 e. The van der Waals surface area contributed by atoms with Gasteiger partial charge >= 0.3 is 11.9 Å². The zero-order valence-corrected chi connectivity index (χ0v) is 14.1. The van der Waals surface area contributed by atoms with E-state index < -0.39 is 35.6 Å². The van der Waals surface area contributed by atoms with E-state index in [1.54, 1.807) is 37.3 Å². The lowest BCUT2D eigenvalue weighted by Crippen LogP contribution is -2.57. The summed E-state index contributed by atoms with van der Waals surface area (Å²) in [6, 6.07) is 8.29. The molecular formula is C18H21NO6. The topological polar surface area (TPSA) is 112 Å². The summed E-state index contributed by atoms with van der Waals surface area (Å²) >= 11 is 0. The number of rotatable bonds is 9. The van der Waals surface area contributed by atoms with Crippen LogP contribution in [0.4, 0.5) is 0 Å². The van der Waals surface area contributed by atoms with Gasteiger partial charge in [0.2, 0.25) is 5.91 Å². The number of benzene rings is 1. The molecule has 25 heavy (non-hydrogen) atoms. The molecule has 134 valence electrons. The molecule has 1 rings (SSSR count).